The van der Waals surface area contributed by atoms with E-state index in [4.69, 9.17) is 0 Å². The zero-order valence-corrected chi connectivity index (χ0v) is 7.73. The lowest BCUT2D eigenvalue weighted by atomic mass is 10.2. The summed E-state index contributed by atoms with van der Waals surface area (Å²) in [4.78, 5) is 11.2. The predicted octanol–water partition coefficient (Wildman–Crippen LogP) is -0.251. The molecular formula is C10H10N2O2. The van der Waals surface area contributed by atoms with Crippen LogP contribution in [0.15, 0.2) is 24.3 Å². The van der Waals surface area contributed by atoms with Crippen molar-refractivity contribution in [2.24, 2.45) is 0 Å². The van der Waals surface area contributed by atoms with Crippen LogP contribution in [-0.4, -0.2) is 18.2 Å². The Hall–Kier alpha value is -1.97. The van der Waals surface area contributed by atoms with Crippen LogP contribution in [0.25, 0.3) is 12.4 Å². The molecule has 14 heavy (non-hydrogen) atoms. The topological polar surface area (TPSA) is 41.6 Å². The van der Waals surface area contributed by atoms with Gasteiger partial charge in [0.05, 0.1) is 7.11 Å². The molecule has 2 rings (SSSR count). The second kappa shape index (κ2) is 3.41. The molecule has 0 fully saturated rings. The Bertz CT molecular complexity index is 467. The summed E-state index contributed by atoms with van der Waals surface area (Å²) in [5, 5.41) is 3.33. The highest BCUT2D eigenvalue weighted by atomic mass is 16.5. The number of nitrogens with zero attached hydrogens (tertiary/aromatic N) is 1. The van der Waals surface area contributed by atoms with Gasteiger partial charge in [-0.15, -0.1) is 0 Å². The minimum atomic E-state index is -0.434. The van der Waals surface area contributed by atoms with Crippen molar-refractivity contribution in [3.8, 4) is 0 Å². The van der Waals surface area contributed by atoms with E-state index in [0.29, 0.717) is 0 Å². The van der Waals surface area contributed by atoms with E-state index in [0.717, 1.165) is 10.4 Å². The summed E-state index contributed by atoms with van der Waals surface area (Å²) in [6.45, 7) is 0. The molecule has 1 aromatic carbocycles. The fraction of sp³-hybridized carbons (Fsp3) is 0.100. The first kappa shape index (κ1) is 8.62. The van der Waals surface area contributed by atoms with Crippen molar-refractivity contribution in [1.82, 2.24) is 10.4 Å². The van der Waals surface area contributed by atoms with Gasteiger partial charge in [-0.25, -0.2) is 4.79 Å². The molecule has 4 nitrogen and oxygen atoms in total. The Morgan fingerprint density at radius 2 is 2.07 bits per heavy atom. The molecule has 0 bridgehead atoms. The van der Waals surface area contributed by atoms with Crippen LogP contribution in [0.5, 0.6) is 0 Å². The van der Waals surface area contributed by atoms with Gasteiger partial charge in [0.2, 0.25) is 0 Å². The van der Waals surface area contributed by atoms with Crippen molar-refractivity contribution in [3.05, 3.63) is 34.7 Å². The number of carbonyl (C=O) groups is 1. The monoisotopic (exact) mass is 190 g/mol. The average molecular weight is 190 g/mol. The summed E-state index contributed by atoms with van der Waals surface area (Å²) in [6, 6.07) is 7.76. The Morgan fingerprint density at radius 3 is 2.79 bits per heavy atom. The molecule has 0 radical (unpaired) electrons. The van der Waals surface area contributed by atoms with E-state index in [1.165, 1.54) is 12.1 Å². The van der Waals surface area contributed by atoms with Crippen molar-refractivity contribution in [2.75, 3.05) is 7.11 Å². The largest absolute Gasteiger partial charge is 0.451 e. The van der Waals surface area contributed by atoms with Crippen LogP contribution in [0.3, 0.4) is 0 Å². The highest BCUT2D eigenvalue weighted by Crippen LogP contribution is 1.91. The van der Waals surface area contributed by atoms with Crippen LogP contribution in [0.1, 0.15) is 0 Å². The van der Waals surface area contributed by atoms with Gasteiger partial charge in [-0.1, -0.05) is 24.3 Å². The molecule has 0 saturated heterocycles. The van der Waals surface area contributed by atoms with E-state index in [-0.39, 0.29) is 0 Å². The maximum absolute atomic E-state index is 11.2. The van der Waals surface area contributed by atoms with Crippen molar-refractivity contribution in [1.29, 1.82) is 0 Å². The molecular weight excluding hydrogens is 180 g/mol. The molecule has 0 atom stereocenters. The van der Waals surface area contributed by atoms with E-state index in [1.807, 2.05) is 24.3 Å². The zero-order chi connectivity index (χ0) is 9.97. The van der Waals surface area contributed by atoms with Gasteiger partial charge >= 0.3 is 6.09 Å². The first-order valence-electron chi connectivity index (χ1n) is 4.22. The third kappa shape index (κ3) is 1.42. The SMILES string of the molecule is COC(=O)N1C=c2ccccc2=CN1. The number of rotatable bonds is 0. The van der Waals surface area contributed by atoms with E-state index < -0.39 is 6.09 Å². The molecule has 1 aliphatic rings. The third-order valence-electron chi connectivity index (χ3n) is 1.99. The van der Waals surface area contributed by atoms with Crippen molar-refractivity contribution in [3.63, 3.8) is 0 Å². The second-order valence-electron chi connectivity index (χ2n) is 2.87. The van der Waals surface area contributed by atoms with Gasteiger partial charge in [-0.05, 0) is 0 Å². The summed E-state index contributed by atoms with van der Waals surface area (Å²) >= 11 is 0. The molecule has 1 N–H and O–H groups in total. The predicted molar refractivity (Wildman–Crippen MR) is 52.0 cm³/mol. The lowest BCUT2D eigenvalue weighted by Gasteiger charge is -2.18. The van der Waals surface area contributed by atoms with Gasteiger partial charge in [-0.2, -0.15) is 5.01 Å². The molecule has 1 heterocycles. The Morgan fingerprint density at radius 1 is 1.36 bits per heavy atom. The molecule has 1 amide bonds. The second-order valence-corrected chi connectivity index (χ2v) is 2.87. The number of amides is 1. The highest BCUT2D eigenvalue weighted by Gasteiger charge is 2.10. The maximum atomic E-state index is 11.2. The minimum absolute atomic E-state index is 0.434. The fourth-order valence-electron chi connectivity index (χ4n) is 1.28. The number of hydrogen-bond acceptors (Lipinski definition) is 3. The van der Waals surface area contributed by atoms with Crippen molar-refractivity contribution in [2.45, 2.75) is 0 Å². The number of methoxy groups -OCH3 is 1. The number of fused-ring (bicyclic) bond motifs is 1. The molecule has 0 spiro atoms. The maximum Gasteiger partial charge on any atom is 0.432 e. The standard InChI is InChI=1S/C10H10N2O2/c1-14-10(13)12-7-9-5-3-2-4-8(9)6-11-12/h2-7,11H,1H3. The van der Waals surface area contributed by atoms with E-state index in [1.54, 1.807) is 12.4 Å². The number of ether oxygens (including phenoxy) is 1. The van der Waals surface area contributed by atoms with Gasteiger partial charge in [0, 0.05) is 22.8 Å². The summed E-state index contributed by atoms with van der Waals surface area (Å²) in [5.74, 6) is 0. The van der Waals surface area contributed by atoms with Crippen LogP contribution in [0, 0.1) is 0 Å². The van der Waals surface area contributed by atoms with E-state index >= 15 is 0 Å². The smallest absolute Gasteiger partial charge is 0.432 e. The Labute approximate surface area is 81.1 Å². The van der Waals surface area contributed by atoms with E-state index in [2.05, 4.69) is 10.2 Å². The molecule has 0 aliphatic carbocycles. The molecule has 0 unspecified atom stereocenters. The Kier molecular flexibility index (Phi) is 2.10. The normalized spacial score (nSPS) is 13.1. The number of nitrogens with one attached hydrogen (secondary N) is 1. The summed E-state index contributed by atoms with van der Waals surface area (Å²) in [6.07, 6.45) is 3.02. The van der Waals surface area contributed by atoms with Crippen LogP contribution in [-0.2, 0) is 4.74 Å². The van der Waals surface area contributed by atoms with Gasteiger partial charge in [0.15, 0.2) is 0 Å². The zero-order valence-electron chi connectivity index (χ0n) is 7.73. The number of hydrazine groups is 1. The first-order chi connectivity index (χ1) is 6.81. The lowest BCUT2D eigenvalue weighted by Crippen LogP contribution is -2.44. The van der Waals surface area contributed by atoms with Crippen molar-refractivity contribution >= 4 is 18.5 Å². The van der Waals surface area contributed by atoms with Gasteiger partial charge < -0.3 is 4.74 Å². The van der Waals surface area contributed by atoms with E-state index in [9.17, 15) is 4.79 Å². The summed E-state index contributed by atoms with van der Waals surface area (Å²) in [7, 11) is 1.35. The third-order valence-corrected chi connectivity index (χ3v) is 1.99. The number of hydrogen-bond donors (Lipinski definition) is 1. The molecule has 4 heteroatoms. The Balaban J connectivity index is 2.43. The minimum Gasteiger partial charge on any atom is -0.451 e. The molecule has 1 aromatic rings. The summed E-state index contributed by atoms with van der Waals surface area (Å²) in [5.41, 5.74) is 2.80. The van der Waals surface area contributed by atoms with Gasteiger partial charge in [-0.3, -0.25) is 5.43 Å². The van der Waals surface area contributed by atoms with Gasteiger partial charge in [0.25, 0.3) is 0 Å². The molecule has 0 aromatic heterocycles. The van der Waals surface area contributed by atoms with Crippen molar-refractivity contribution < 1.29 is 9.53 Å². The summed E-state index contributed by atoms with van der Waals surface area (Å²) < 4.78 is 4.58. The molecule has 0 saturated carbocycles. The molecule has 72 valence electrons. The number of carbonyl (C=O) groups excluding carboxylic acids is 1. The average Bonchev–Trinajstić information content (AvgIpc) is 2.27. The number of benzene rings is 1. The first-order valence-corrected chi connectivity index (χ1v) is 4.22. The fourth-order valence-corrected chi connectivity index (χ4v) is 1.28. The van der Waals surface area contributed by atoms with Crippen LogP contribution in [0.4, 0.5) is 4.79 Å². The highest BCUT2D eigenvalue weighted by molar-refractivity contribution is 5.72. The quantitative estimate of drug-likeness (QED) is 0.613. The van der Waals surface area contributed by atoms with Gasteiger partial charge in [0.1, 0.15) is 0 Å². The van der Waals surface area contributed by atoms with Crippen LogP contribution >= 0.6 is 0 Å². The van der Waals surface area contributed by atoms with Crippen LogP contribution < -0.4 is 15.9 Å². The lowest BCUT2D eigenvalue weighted by molar-refractivity contribution is 0.137. The molecule has 1 aliphatic heterocycles. The van der Waals surface area contributed by atoms with Crippen LogP contribution in [0.2, 0.25) is 0 Å².